The van der Waals surface area contributed by atoms with Crippen molar-refractivity contribution in [2.24, 2.45) is 5.92 Å². The Morgan fingerprint density at radius 2 is 1.46 bits per heavy atom. The van der Waals surface area contributed by atoms with E-state index in [1.165, 1.54) is 25.7 Å². The van der Waals surface area contributed by atoms with Crippen molar-refractivity contribution in [3.8, 4) is 0 Å². The second-order valence-corrected chi connectivity index (χ2v) is 6.04. The van der Waals surface area contributed by atoms with Crippen LogP contribution in [0, 0.1) is 5.92 Å². The van der Waals surface area contributed by atoms with Crippen LogP contribution in [0.2, 0.25) is 0 Å². The van der Waals surface area contributed by atoms with E-state index in [-0.39, 0.29) is 5.97 Å². The zero-order chi connectivity index (χ0) is 17.9. The zero-order valence-corrected chi connectivity index (χ0v) is 16.0. The Bertz CT molecular complexity index is 270. The van der Waals surface area contributed by atoms with Crippen molar-refractivity contribution < 1.29 is 23.7 Å². The van der Waals surface area contributed by atoms with E-state index >= 15 is 0 Å². The molecule has 0 aromatic heterocycles. The third kappa shape index (κ3) is 16.2. The molecule has 24 heavy (non-hydrogen) atoms. The van der Waals surface area contributed by atoms with Crippen molar-refractivity contribution in [2.75, 3.05) is 46.2 Å². The van der Waals surface area contributed by atoms with Crippen LogP contribution in [0.5, 0.6) is 0 Å². The zero-order valence-electron chi connectivity index (χ0n) is 16.0. The van der Waals surface area contributed by atoms with Crippen LogP contribution in [0.4, 0.5) is 0 Å². The summed E-state index contributed by atoms with van der Waals surface area (Å²) in [6.07, 6.45) is 6.95. The van der Waals surface area contributed by atoms with Crippen molar-refractivity contribution in [3.63, 3.8) is 0 Å². The van der Waals surface area contributed by atoms with Crippen molar-refractivity contribution in [3.05, 3.63) is 0 Å². The largest absolute Gasteiger partial charge is 0.466 e. The van der Waals surface area contributed by atoms with Gasteiger partial charge in [0.1, 0.15) is 0 Å². The number of esters is 1. The van der Waals surface area contributed by atoms with Gasteiger partial charge < -0.3 is 18.9 Å². The fourth-order valence-electron chi connectivity index (χ4n) is 2.19. The van der Waals surface area contributed by atoms with Gasteiger partial charge in [-0.15, -0.1) is 0 Å². The Balaban J connectivity index is 3.23. The first kappa shape index (κ1) is 23.4. The second kappa shape index (κ2) is 18.7. The molecule has 0 bridgehead atoms. The lowest BCUT2D eigenvalue weighted by atomic mass is 10.0. The first-order valence-corrected chi connectivity index (χ1v) is 9.63. The van der Waals surface area contributed by atoms with Gasteiger partial charge in [0.2, 0.25) is 0 Å². The van der Waals surface area contributed by atoms with E-state index in [1.807, 2.05) is 6.92 Å². The van der Waals surface area contributed by atoms with Crippen LogP contribution in [0.3, 0.4) is 0 Å². The molecule has 5 nitrogen and oxygen atoms in total. The lowest BCUT2D eigenvalue weighted by Crippen LogP contribution is -2.14. The number of carbonyl (C=O) groups is 1. The minimum absolute atomic E-state index is 0.141. The van der Waals surface area contributed by atoms with Gasteiger partial charge in [0.15, 0.2) is 0 Å². The molecule has 0 aromatic carbocycles. The lowest BCUT2D eigenvalue weighted by Gasteiger charge is -2.14. The van der Waals surface area contributed by atoms with Crippen LogP contribution in [0.1, 0.15) is 65.7 Å². The summed E-state index contributed by atoms with van der Waals surface area (Å²) in [6, 6.07) is 0. The first-order chi connectivity index (χ1) is 11.7. The molecule has 1 atom stereocenters. The average Bonchev–Trinajstić information content (AvgIpc) is 2.60. The van der Waals surface area contributed by atoms with E-state index in [0.717, 1.165) is 13.0 Å². The SMILES string of the molecule is CCCCC(CC)COCCOCCOCCCC(=O)OCCC. The van der Waals surface area contributed by atoms with E-state index in [9.17, 15) is 4.79 Å². The summed E-state index contributed by atoms with van der Waals surface area (Å²) in [5, 5.41) is 0. The molecule has 0 fully saturated rings. The fourth-order valence-corrected chi connectivity index (χ4v) is 2.19. The molecule has 5 heteroatoms. The standard InChI is InChI=1S/C19H38O5/c1-4-7-9-18(6-3)17-23-16-15-22-14-13-21-12-8-10-19(20)24-11-5-2/h18H,4-17H2,1-3H3. The van der Waals surface area contributed by atoms with Gasteiger partial charge in [0.25, 0.3) is 0 Å². The normalized spacial score (nSPS) is 12.3. The number of rotatable bonds is 18. The Morgan fingerprint density at radius 3 is 2.08 bits per heavy atom. The smallest absolute Gasteiger partial charge is 0.305 e. The number of ether oxygens (including phenoxy) is 4. The minimum atomic E-state index is -0.141. The molecule has 0 saturated carbocycles. The number of unbranched alkanes of at least 4 members (excludes halogenated alkanes) is 1. The molecule has 0 heterocycles. The summed E-state index contributed by atoms with van der Waals surface area (Å²) in [7, 11) is 0. The van der Waals surface area contributed by atoms with E-state index in [0.29, 0.717) is 58.4 Å². The summed E-state index contributed by atoms with van der Waals surface area (Å²) in [4.78, 5) is 11.2. The number of hydrogen-bond donors (Lipinski definition) is 0. The molecule has 1 unspecified atom stereocenters. The van der Waals surface area contributed by atoms with Crippen LogP contribution in [0.15, 0.2) is 0 Å². The van der Waals surface area contributed by atoms with E-state index in [4.69, 9.17) is 18.9 Å². The molecule has 0 spiro atoms. The van der Waals surface area contributed by atoms with Crippen molar-refractivity contribution in [1.29, 1.82) is 0 Å². The minimum Gasteiger partial charge on any atom is -0.466 e. The van der Waals surface area contributed by atoms with Gasteiger partial charge in [-0.3, -0.25) is 4.79 Å². The highest BCUT2D eigenvalue weighted by atomic mass is 16.5. The molecule has 0 aliphatic heterocycles. The molecular weight excluding hydrogens is 308 g/mol. The summed E-state index contributed by atoms with van der Waals surface area (Å²) in [5.74, 6) is 0.537. The number of carbonyl (C=O) groups excluding carboxylic acids is 1. The molecule has 0 saturated heterocycles. The van der Waals surface area contributed by atoms with Crippen molar-refractivity contribution in [2.45, 2.75) is 65.7 Å². The molecule has 0 N–H and O–H groups in total. The highest BCUT2D eigenvalue weighted by Gasteiger charge is 2.05. The highest BCUT2D eigenvalue weighted by molar-refractivity contribution is 5.69. The van der Waals surface area contributed by atoms with Gasteiger partial charge in [-0.2, -0.15) is 0 Å². The van der Waals surface area contributed by atoms with E-state index in [1.54, 1.807) is 0 Å². The Kier molecular flexibility index (Phi) is 18.2. The van der Waals surface area contributed by atoms with Crippen LogP contribution in [0.25, 0.3) is 0 Å². The second-order valence-electron chi connectivity index (χ2n) is 6.04. The molecule has 0 rings (SSSR count). The predicted octanol–water partition coefficient (Wildman–Crippen LogP) is 3.99. The van der Waals surface area contributed by atoms with Gasteiger partial charge >= 0.3 is 5.97 Å². The Morgan fingerprint density at radius 1 is 0.792 bits per heavy atom. The molecule has 0 aliphatic rings. The summed E-state index contributed by atoms with van der Waals surface area (Å²) >= 11 is 0. The van der Waals surface area contributed by atoms with Crippen LogP contribution in [-0.2, 0) is 23.7 Å². The quantitative estimate of drug-likeness (QED) is 0.277. The van der Waals surface area contributed by atoms with Gasteiger partial charge in [-0.05, 0) is 25.2 Å². The molecule has 0 amide bonds. The van der Waals surface area contributed by atoms with E-state index in [2.05, 4.69) is 13.8 Å². The highest BCUT2D eigenvalue weighted by Crippen LogP contribution is 2.12. The van der Waals surface area contributed by atoms with Crippen LogP contribution in [-0.4, -0.2) is 52.2 Å². The van der Waals surface area contributed by atoms with Crippen LogP contribution >= 0.6 is 0 Å². The lowest BCUT2D eigenvalue weighted by molar-refractivity contribution is -0.144. The molecule has 144 valence electrons. The third-order valence-corrected chi connectivity index (χ3v) is 3.78. The maximum Gasteiger partial charge on any atom is 0.305 e. The monoisotopic (exact) mass is 346 g/mol. The maximum atomic E-state index is 11.2. The number of hydrogen-bond acceptors (Lipinski definition) is 5. The first-order valence-electron chi connectivity index (χ1n) is 9.63. The summed E-state index contributed by atoms with van der Waals surface area (Å²) in [5.41, 5.74) is 0. The fraction of sp³-hybridized carbons (Fsp3) is 0.947. The maximum absolute atomic E-state index is 11.2. The van der Waals surface area contributed by atoms with Gasteiger partial charge in [-0.1, -0.05) is 40.0 Å². The molecular formula is C19H38O5. The predicted molar refractivity (Wildman–Crippen MR) is 96.2 cm³/mol. The summed E-state index contributed by atoms with van der Waals surface area (Å²) in [6.45, 7) is 10.7. The topological polar surface area (TPSA) is 54.0 Å². The van der Waals surface area contributed by atoms with E-state index < -0.39 is 0 Å². The third-order valence-electron chi connectivity index (χ3n) is 3.78. The van der Waals surface area contributed by atoms with Crippen molar-refractivity contribution >= 4 is 5.97 Å². The van der Waals surface area contributed by atoms with Crippen molar-refractivity contribution in [1.82, 2.24) is 0 Å². The summed E-state index contributed by atoms with van der Waals surface area (Å²) < 4.78 is 21.5. The van der Waals surface area contributed by atoms with Gasteiger partial charge in [0.05, 0.1) is 33.0 Å². The van der Waals surface area contributed by atoms with Crippen LogP contribution < -0.4 is 0 Å². The molecule has 0 aliphatic carbocycles. The molecule has 0 radical (unpaired) electrons. The van der Waals surface area contributed by atoms with Gasteiger partial charge in [0, 0.05) is 19.6 Å². The van der Waals surface area contributed by atoms with Gasteiger partial charge in [-0.25, -0.2) is 0 Å². The molecule has 0 aromatic rings. The Hall–Kier alpha value is -0.650. The average molecular weight is 347 g/mol. The Labute approximate surface area is 148 Å².